The molecule has 2 rings (SSSR count). The van der Waals surface area contributed by atoms with Crippen molar-refractivity contribution in [2.24, 2.45) is 5.92 Å². The minimum Gasteiger partial charge on any atom is -0.490 e. The Morgan fingerprint density at radius 2 is 1.91 bits per heavy atom. The van der Waals surface area contributed by atoms with Crippen LogP contribution >= 0.6 is 12.4 Å². The molecule has 6 heteroatoms. The Kier molecular flexibility index (Phi) is 8.56. The lowest BCUT2D eigenvalue weighted by atomic mass is 10.1. The predicted molar refractivity (Wildman–Crippen MR) is 90.1 cm³/mol. The fourth-order valence-corrected chi connectivity index (χ4v) is 2.53. The number of nitrogens with one attached hydrogen (secondary N) is 2. The summed E-state index contributed by atoms with van der Waals surface area (Å²) in [6.07, 6.45) is -0.239. The maximum Gasteiger partial charge on any atom is 0.161 e. The SMILES string of the molecule is CCOc1ccc(CNCC2CNCC2O)cc1OCC.Cl. The van der Waals surface area contributed by atoms with E-state index in [4.69, 9.17) is 9.47 Å². The number of hydrogen-bond acceptors (Lipinski definition) is 5. The average molecular weight is 331 g/mol. The number of aliphatic hydroxyl groups excluding tert-OH is 1. The number of rotatable bonds is 8. The summed E-state index contributed by atoms with van der Waals surface area (Å²) in [5, 5.41) is 16.3. The molecular formula is C16H27ClN2O3. The van der Waals surface area contributed by atoms with Crippen LogP contribution in [0, 0.1) is 5.92 Å². The Bertz CT molecular complexity index is 445. The summed E-state index contributed by atoms with van der Waals surface area (Å²) in [5.41, 5.74) is 1.15. The smallest absolute Gasteiger partial charge is 0.161 e. The number of hydrogen-bond donors (Lipinski definition) is 3. The zero-order valence-electron chi connectivity index (χ0n) is 13.3. The zero-order chi connectivity index (χ0) is 15.1. The molecular weight excluding hydrogens is 304 g/mol. The Morgan fingerprint density at radius 3 is 2.55 bits per heavy atom. The second kappa shape index (κ2) is 9.90. The molecule has 5 nitrogen and oxygen atoms in total. The molecule has 0 spiro atoms. The van der Waals surface area contributed by atoms with E-state index in [0.717, 1.165) is 36.7 Å². The predicted octanol–water partition coefficient (Wildman–Crippen LogP) is 1.58. The van der Waals surface area contributed by atoms with Gasteiger partial charge in [-0.05, 0) is 31.5 Å². The summed E-state index contributed by atoms with van der Waals surface area (Å²) in [6, 6.07) is 6.02. The Labute approximate surface area is 138 Å². The lowest BCUT2D eigenvalue weighted by Gasteiger charge is -2.15. The van der Waals surface area contributed by atoms with Crippen LogP contribution in [0.15, 0.2) is 18.2 Å². The Morgan fingerprint density at radius 1 is 1.18 bits per heavy atom. The number of aliphatic hydroxyl groups is 1. The number of ether oxygens (including phenoxy) is 2. The first-order chi connectivity index (χ1) is 10.2. The highest BCUT2D eigenvalue weighted by Gasteiger charge is 2.24. The van der Waals surface area contributed by atoms with Gasteiger partial charge in [-0.25, -0.2) is 0 Å². The van der Waals surface area contributed by atoms with Crippen LogP contribution in [0.5, 0.6) is 11.5 Å². The fraction of sp³-hybridized carbons (Fsp3) is 0.625. The molecule has 1 fully saturated rings. The second-order valence-electron chi connectivity index (χ2n) is 5.26. The molecule has 0 aromatic heterocycles. The summed E-state index contributed by atoms with van der Waals surface area (Å²) < 4.78 is 11.2. The van der Waals surface area contributed by atoms with Crippen LogP contribution in [0.3, 0.4) is 0 Å². The van der Waals surface area contributed by atoms with E-state index in [0.29, 0.717) is 25.7 Å². The van der Waals surface area contributed by atoms with Gasteiger partial charge in [0.2, 0.25) is 0 Å². The lowest BCUT2D eigenvalue weighted by molar-refractivity contribution is 0.146. The van der Waals surface area contributed by atoms with Gasteiger partial charge in [0.25, 0.3) is 0 Å². The molecule has 3 N–H and O–H groups in total. The van der Waals surface area contributed by atoms with Crippen LogP contribution in [0.4, 0.5) is 0 Å². The van der Waals surface area contributed by atoms with Gasteiger partial charge in [0, 0.05) is 32.1 Å². The van der Waals surface area contributed by atoms with Gasteiger partial charge >= 0.3 is 0 Å². The quantitative estimate of drug-likeness (QED) is 0.675. The molecule has 1 aliphatic rings. The summed E-state index contributed by atoms with van der Waals surface area (Å²) in [6.45, 7) is 8.33. The molecule has 1 aromatic rings. The minimum atomic E-state index is -0.239. The van der Waals surface area contributed by atoms with Crippen molar-refractivity contribution in [3.05, 3.63) is 23.8 Å². The number of halogens is 1. The van der Waals surface area contributed by atoms with Crippen LogP contribution < -0.4 is 20.1 Å². The van der Waals surface area contributed by atoms with Crippen molar-refractivity contribution < 1.29 is 14.6 Å². The minimum absolute atomic E-state index is 0. The molecule has 0 aliphatic carbocycles. The van der Waals surface area contributed by atoms with Crippen molar-refractivity contribution in [1.29, 1.82) is 0 Å². The van der Waals surface area contributed by atoms with Crippen molar-refractivity contribution in [1.82, 2.24) is 10.6 Å². The van der Waals surface area contributed by atoms with E-state index in [1.54, 1.807) is 0 Å². The van der Waals surface area contributed by atoms with E-state index < -0.39 is 0 Å². The highest BCUT2D eigenvalue weighted by molar-refractivity contribution is 5.85. The fourth-order valence-electron chi connectivity index (χ4n) is 2.53. The van der Waals surface area contributed by atoms with E-state index in [9.17, 15) is 5.11 Å². The molecule has 1 aromatic carbocycles. The van der Waals surface area contributed by atoms with E-state index >= 15 is 0 Å². The topological polar surface area (TPSA) is 62.8 Å². The molecule has 0 radical (unpaired) electrons. The highest BCUT2D eigenvalue weighted by atomic mass is 35.5. The molecule has 1 aliphatic heterocycles. The molecule has 1 saturated heterocycles. The summed E-state index contributed by atoms with van der Waals surface area (Å²) in [4.78, 5) is 0. The van der Waals surface area contributed by atoms with E-state index in [1.165, 1.54) is 0 Å². The molecule has 0 amide bonds. The van der Waals surface area contributed by atoms with Gasteiger partial charge in [0.1, 0.15) is 0 Å². The first kappa shape index (κ1) is 19.0. The van der Waals surface area contributed by atoms with Crippen LogP contribution in [0.1, 0.15) is 19.4 Å². The third-order valence-electron chi connectivity index (χ3n) is 3.65. The van der Waals surface area contributed by atoms with E-state index in [1.807, 2.05) is 32.0 Å². The van der Waals surface area contributed by atoms with Crippen molar-refractivity contribution in [2.75, 3.05) is 32.8 Å². The summed E-state index contributed by atoms with van der Waals surface area (Å²) in [7, 11) is 0. The largest absolute Gasteiger partial charge is 0.490 e. The maximum absolute atomic E-state index is 9.76. The van der Waals surface area contributed by atoms with Gasteiger partial charge in [-0.3, -0.25) is 0 Å². The van der Waals surface area contributed by atoms with E-state index in [-0.39, 0.29) is 18.5 Å². The first-order valence-electron chi connectivity index (χ1n) is 7.72. The molecule has 2 atom stereocenters. The molecule has 2 unspecified atom stereocenters. The van der Waals surface area contributed by atoms with E-state index in [2.05, 4.69) is 10.6 Å². The van der Waals surface area contributed by atoms with Crippen molar-refractivity contribution in [3.63, 3.8) is 0 Å². The van der Waals surface area contributed by atoms with Crippen LogP contribution in [0.25, 0.3) is 0 Å². The molecule has 126 valence electrons. The zero-order valence-corrected chi connectivity index (χ0v) is 14.1. The maximum atomic E-state index is 9.76. The monoisotopic (exact) mass is 330 g/mol. The van der Waals surface area contributed by atoms with Gasteiger partial charge in [-0.2, -0.15) is 0 Å². The molecule has 1 heterocycles. The van der Waals surface area contributed by atoms with Crippen molar-refractivity contribution in [2.45, 2.75) is 26.5 Å². The first-order valence-corrected chi connectivity index (χ1v) is 7.72. The Hall–Kier alpha value is -1.01. The molecule has 0 bridgehead atoms. The van der Waals surface area contributed by atoms with Gasteiger partial charge in [-0.1, -0.05) is 6.07 Å². The highest BCUT2D eigenvalue weighted by Crippen LogP contribution is 2.28. The summed E-state index contributed by atoms with van der Waals surface area (Å²) in [5.74, 6) is 1.87. The average Bonchev–Trinajstić information content (AvgIpc) is 2.88. The Balaban J connectivity index is 0.00000242. The number of benzene rings is 1. The normalized spacial score (nSPS) is 20.5. The van der Waals surface area contributed by atoms with Crippen molar-refractivity contribution in [3.8, 4) is 11.5 Å². The number of β-amino-alcohol motifs (C(OH)–C–C–N with tert-alkyl or cyclic N) is 1. The van der Waals surface area contributed by atoms with Crippen LogP contribution in [-0.4, -0.2) is 44.1 Å². The third-order valence-corrected chi connectivity index (χ3v) is 3.65. The van der Waals surface area contributed by atoms with Gasteiger partial charge in [0.15, 0.2) is 11.5 Å². The van der Waals surface area contributed by atoms with Crippen LogP contribution in [-0.2, 0) is 6.54 Å². The summed E-state index contributed by atoms with van der Waals surface area (Å²) >= 11 is 0. The van der Waals surface area contributed by atoms with Gasteiger partial charge in [0.05, 0.1) is 19.3 Å². The standard InChI is InChI=1S/C16H26N2O3.ClH/c1-3-20-15-6-5-12(7-16(15)21-4-2)8-17-9-13-10-18-11-14(13)19;/h5-7,13-14,17-19H,3-4,8-11H2,1-2H3;1H. The van der Waals surface area contributed by atoms with Crippen LogP contribution in [0.2, 0.25) is 0 Å². The third kappa shape index (κ3) is 5.32. The second-order valence-corrected chi connectivity index (χ2v) is 5.26. The van der Waals surface area contributed by atoms with Gasteiger partial charge in [-0.15, -0.1) is 12.4 Å². The molecule has 22 heavy (non-hydrogen) atoms. The van der Waals surface area contributed by atoms with Crippen molar-refractivity contribution >= 4 is 12.4 Å². The van der Waals surface area contributed by atoms with Gasteiger partial charge < -0.3 is 25.2 Å². The lowest BCUT2D eigenvalue weighted by Crippen LogP contribution is -2.30. The molecule has 0 saturated carbocycles.